The van der Waals surface area contributed by atoms with Crippen molar-refractivity contribution in [1.82, 2.24) is 15.8 Å². The number of nitrogens with one attached hydrogen (secondary N) is 2. The maximum absolute atomic E-state index is 12.5. The predicted molar refractivity (Wildman–Crippen MR) is 123 cm³/mol. The number of thiazole rings is 1. The average molecular weight is 450 g/mol. The number of aromatic nitrogens is 1. The van der Waals surface area contributed by atoms with Gasteiger partial charge in [-0.15, -0.1) is 22.7 Å². The van der Waals surface area contributed by atoms with Crippen molar-refractivity contribution in [3.8, 4) is 26.8 Å². The van der Waals surface area contributed by atoms with Gasteiger partial charge < -0.3 is 4.74 Å². The Bertz CT molecular complexity index is 1190. The molecule has 0 radical (unpaired) electrons. The summed E-state index contributed by atoms with van der Waals surface area (Å²) < 4.78 is 5.70. The topological polar surface area (TPSA) is 80.3 Å². The molecule has 2 aromatic carbocycles. The zero-order valence-corrected chi connectivity index (χ0v) is 18.3. The van der Waals surface area contributed by atoms with E-state index in [-0.39, 0.29) is 6.61 Å². The van der Waals surface area contributed by atoms with Crippen LogP contribution in [0.1, 0.15) is 15.4 Å². The maximum atomic E-state index is 12.5. The van der Waals surface area contributed by atoms with E-state index in [1.165, 1.54) is 11.3 Å². The number of carbonyl (C=O) groups excluding carboxylic acids is 2. The molecule has 2 N–H and O–H groups in total. The van der Waals surface area contributed by atoms with Gasteiger partial charge in [0, 0.05) is 5.56 Å². The number of ether oxygens (including phenoxy) is 1. The van der Waals surface area contributed by atoms with Crippen molar-refractivity contribution in [2.24, 2.45) is 0 Å². The lowest BCUT2D eigenvalue weighted by molar-refractivity contribution is -0.123. The molecule has 0 aliphatic heterocycles. The molecule has 4 rings (SSSR count). The van der Waals surface area contributed by atoms with E-state index in [1.54, 1.807) is 24.3 Å². The molecule has 0 saturated carbocycles. The van der Waals surface area contributed by atoms with Gasteiger partial charge in [-0.2, -0.15) is 0 Å². The summed E-state index contributed by atoms with van der Waals surface area (Å²) >= 11 is 2.85. The SMILES string of the molecule is Cc1nc(-c2cccs2)sc1C(=O)NNC(=O)COc1ccccc1-c1ccccc1. The molecule has 0 atom stereocenters. The Kier molecular flexibility index (Phi) is 6.40. The third kappa shape index (κ3) is 4.99. The number of carbonyl (C=O) groups is 2. The molecule has 31 heavy (non-hydrogen) atoms. The third-order valence-corrected chi connectivity index (χ3v) is 6.58. The molecular weight excluding hydrogens is 430 g/mol. The molecule has 0 fully saturated rings. The molecule has 8 heteroatoms. The minimum Gasteiger partial charge on any atom is -0.483 e. The number of hydrazine groups is 1. The molecule has 2 aromatic heterocycles. The van der Waals surface area contributed by atoms with Crippen molar-refractivity contribution in [2.45, 2.75) is 6.92 Å². The zero-order valence-electron chi connectivity index (χ0n) is 16.6. The van der Waals surface area contributed by atoms with Gasteiger partial charge in [-0.25, -0.2) is 4.98 Å². The maximum Gasteiger partial charge on any atom is 0.281 e. The van der Waals surface area contributed by atoms with Crippen LogP contribution in [0.5, 0.6) is 5.75 Å². The number of rotatable bonds is 6. The standard InChI is InChI=1S/C23H19N3O3S2/c1-15-21(31-23(24-15)19-12-7-13-30-19)22(28)26-25-20(27)14-29-18-11-6-5-10-17(18)16-8-3-2-4-9-16/h2-13H,14H2,1H3,(H,25,27)(H,26,28). The second kappa shape index (κ2) is 9.55. The summed E-state index contributed by atoms with van der Waals surface area (Å²) in [5.41, 5.74) is 7.34. The molecule has 0 unspecified atom stereocenters. The Balaban J connectivity index is 1.34. The molecule has 4 aromatic rings. The Morgan fingerprint density at radius 2 is 1.74 bits per heavy atom. The minimum atomic E-state index is -0.461. The minimum absolute atomic E-state index is 0.230. The fourth-order valence-electron chi connectivity index (χ4n) is 2.92. The first-order valence-corrected chi connectivity index (χ1v) is 11.2. The van der Waals surface area contributed by atoms with E-state index in [2.05, 4.69) is 15.8 Å². The highest BCUT2D eigenvalue weighted by Gasteiger charge is 2.17. The van der Waals surface area contributed by atoms with Gasteiger partial charge in [-0.3, -0.25) is 20.4 Å². The number of nitrogens with zero attached hydrogens (tertiary/aromatic N) is 1. The predicted octanol–water partition coefficient (Wildman–Crippen LogP) is 4.69. The summed E-state index contributed by atoms with van der Waals surface area (Å²) in [7, 11) is 0. The van der Waals surface area contributed by atoms with Gasteiger partial charge in [0.1, 0.15) is 15.6 Å². The van der Waals surface area contributed by atoms with Crippen LogP contribution in [0.2, 0.25) is 0 Å². The zero-order chi connectivity index (χ0) is 21.6. The largest absolute Gasteiger partial charge is 0.483 e. The summed E-state index contributed by atoms with van der Waals surface area (Å²) in [4.78, 5) is 30.6. The second-order valence-corrected chi connectivity index (χ2v) is 8.51. The highest BCUT2D eigenvalue weighted by atomic mass is 32.1. The molecular formula is C23H19N3O3S2. The van der Waals surface area contributed by atoms with Gasteiger partial charge in [0.25, 0.3) is 11.8 Å². The van der Waals surface area contributed by atoms with E-state index in [0.29, 0.717) is 16.3 Å². The number of amides is 2. The van der Waals surface area contributed by atoms with Crippen molar-refractivity contribution in [1.29, 1.82) is 0 Å². The molecule has 0 spiro atoms. The summed E-state index contributed by atoms with van der Waals surface area (Å²) in [6, 6.07) is 21.2. The normalized spacial score (nSPS) is 10.5. The van der Waals surface area contributed by atoms with E-state index in [1.807, 2.05) is 66.0 Å². The summed E-state index contributed by atoms with van der Waals surface area (Å²) in [6.45, 7) is 1.54. The van der Waals surface area contributed by atoms with Crippen molar-refractivity contribution >= 4 is 34.5 Å². The van der Waals surface area contributed by atoms with E-state index in [9.17, 15) is 9.59 Å². The fourth-order valence-corrected chi connectivity index (χ4v) is 4.68. The average Bonchev–Trinajstić information content (AvgIpc) is 3.47. The first kappa shape index (κ1) is 20.8. The van der Waals surface area contributed by atoms with Crippen LogP contribution in [-0.2, 0) is 4.79 Å². The number of aryl methyl sites for hydroxylation is 1. The van der Waals surface area contributed by atoms with Crippen LogP contribution in [-0.4, -0.2) is 23.4 Å². The number of thiophene rings is 1. The second-order valence-electron chi connectivity index (χ2n) is 6.56. The molecule has 0 saturated heterocycles. The number of hydrogen-bond acceptors (Lipinski definition) is 6. The lowest BCUT2D eigenvalue weighted by atomic mass is 10.1. The van der Waals surface area contributed by atoms with Gasteiger partial charge in [0.05, 0.1) is 10.6 Å². The van der Waals surface area contributed by atoms with Gasteiger partial charge in [-0.05, 0) is 30.0 Å². The first-order chi connectivity index (χ1) is 15.1. The van der Waals surface area contributed by atoms with E-state index in [4.69, 9.17) is 4.74 Å². The van der Waals surface area contributed by atoms with Crippen LogP contribution in [0.4, 0.5) is 0 Å². The highest BCUT2D eigenvalue weighted by Crippen LogP contribution is 2.31. The fraction of sp³-hybridized carbons (Fsp3) is 0.0870. The van der Waals surface area contributed by atoms with Crippen molar-refractivity contribution < 1.29 is 14.3 Å². The summed E-state index contributed by atoms with van der Waals surface area (Å²) in [6.07, 6.45) is 0. The Morgan fingerprint density at radius 3 is 2.52 bits per heavy atom. The molecule has 0 aliphatic rings. The van der Waals surface area contributed by atoms with Crippen molar-refractivity contribution in [2.75, 3.05) is 6.61 Å². The van der Waals surface area contributed by atoms with Crippen LogP contribution in [0.15, 0.2) is 72.1 Å². The highest BCUT2D eigenvalue weighted by molar-refractivity contribution is 7.22. The van der Waals surface area contributed by atoms with Gasteiger partial charge in [-0.1, -0.05) is 54.6 Å². The van der Waals surface area contributed by atoms with E-state index >= 15 is 0 Å². The molecule has 0 bridgehead atoms. The molecule has 2 heterocycles. The monoisotopic (exact) mass is 449 g/mol. The first-order valence-electron chi connectivity index (χ1n) is 9.49. The van der Waals surface area contributed by atoms with Crippen LogP contribution in [0.25, 0.3) is 21.0 Å². The molecule has 2 amide bonds. The quantitative estimate of drug-likeness (QED) is 0.419. The van der Waals surface area contributed by atoms with Gasteiger partial charge >= 0.3 is 0 Å². The summed E-state index contributed by atoms with van der Waals surface area (Å²) in [5, 5.41) is 2.74. The van der Waals surface area contributed by atoms with Crippen molar-refractivity contribution in [3.05, 3.63) is 82.7 Å². The molecule has 156 valence electrons. The van der Waals surface area contributed by atoms with Crippen LogP contribution >= 0.6 is 22.7 Å². The smallest absolute Gasteiger partial charge is 0.281 e. The molecule has 6 nitrogen and oxygen atoms in total. The Labute approximate surface area is 187 Å². The lowest BCUT2D eigenvalue weighted by Gasteiger charge is -2.12. The number of hydrogen-bond donors (Lipinski definition) is 2. The van der Waals surface area contributed by atoms with Gasteiger partial charge in [0.15, 0.2) is 6.61 Å². The van der Waals surface area contributed by atoms with Crippen LogP contribution in [0, 0.1) is 6.92 Å². The molecule has 0 aliphatic carbocycles. The van der Waals surface area contributed by atoms with Gasteiger partial charge in [0.2, 0.25) is 0 Å². The van der Waals surface area contributed by atoms with Crippen LogP contribution in [0.3, 0.4) is 0 Å². The van der Waals surface area contributed by atoms with Crippen molar-refractivity contribution in [3.63, 3.8) is 0 Å². The van der Waals surface area contributed by atoms with E-state index in [0.717, 1.165) is 21.0 Å². The Morgan fingerprint density at radius 1 is 0.968 bits per heavy atom. The third-order valence-electron chi connectivity index (χ3n) is 4.38. The number of benzene rings is 2. The van der Waals surface area contributed by atoms with E-state index < -0.39 is 11.8 Å². The van der Waals surface area contributed by atoms with Crippen LogP contribution < -0.4 is 15.6 Å². The number of para-hydroxylation sites is 1. The Hall–Kier alpha value is -3.49. The summed E-state index contributed by atoms with van der Waals surface area (Å²) in [5.74, 6) is -0.276. The lowest BCUT2D eigenvalue weighted by Crippen LogP contribution is -2.43.